The molecule has 3 rings (SSSR count). The standard InChI is InChI=1S/C25H23ClN4O3/c1-30(2)19-13-11-17(12-14-19)15-22(28-24(32)20-8-4-5-9-21(20)26)25(33)29-27-16-18-7-3-6-10-23(18)31/h3-16,31H,1-2H3,(H,28,32)(H,29,33)/b22-15+,27-16-. The second kappa shape index (κ2) is 11.0. The maximum atomic E-state index is 12.8. The summed E-state index contributed by atoms with van der Waals surface area (Å²) in [6, 6.07) is 20.6. The van der Waals surface area contributed by atoms with Gasteiger partial charge in [-0.1, -0.05) is 48.0 Å². The van der Waals surface area contributed by atoms with Crippen LogP contribution in [0.15, 0.2) is 83.6 Å². The zero-order valence-corrected chi connectivity index (χ0v) is 18.9. The van der Waals surface area contributed by atoms with Crippen molar-refractivity contribution in [2.75, 3.05) is 19.0 Å². The normalized spacial score (nSPS) is 11.3. The number of amides is 2. The molecule has 0 unspecified atom stereocenters. The molecule has 0 radical (unpaired) electrons. The van der Waals surface area contributed by atoms with Crippen molar-refractivity contribution in [3.63, 3.8) is 0 Å². The number of carbonyl (C=O) groups is 2. The molecular weight excluding hydrogens is 440 g/mol. The van der Waals surface area contributed by atoms with Crippen LogP contribution in [0.2, 0.25) is 5.02 Å². The van der Waals surface area contributed by atoms with E-state index < -0.39 is 11.8 Å². The van der Waals surface area contributed by atoms with Crippen LogP contribution in [0, 0.1) is 0 Å². The maximum absolute atomic E-state index is 12.8. The number of phenols is 1. The van der Waals surface area contributed by atoms with E-state index in [1.165, 1.54) is 12.3 Å². The highest BCUT2D eigenvalue weighted by Gasteiger charge is 2.16. The van der Waals surface area contributed by atoms with Crippen molar-refractivity contribution >= 4 is 41.4 Å². The molecule has 168 valence electrons. The van der Waals surface area contributed by atoms with Gasteiger partial charge in [0.25, 0.3) is 11.8 Å². The lowest BCUT2D eigenvalue weighted by atomic mass is 10.1. The molecule has 0 atom stereocenters. The molecule has 0 aliphatic carbocycles. The highest BCUT2D eigenvalue weighted by Crippen LogP contribution is 2.17. The molecule has 33 heavy (non-hydrogen) atoms. The minimum Gasteiger partial charge on any atom is -0.507 e. The molecule has 0 fully saturated rings. The van der Waals surface area contributed by atoms with E-state index in [-0.39, 0.29) is 22.0 Å². The Bertz CT molecular complexity index is 1200. The monoisotopic (exact) mass is 462 g/mol. The van der Waals surface area contributed by atoms with E-state index in [1.54, 1.807) is 48.5 Å². The Labute approximate surface area is 197 Å². The molecule has 3 aromatic carbocycles. The largest absolute Gasteiger partial charge is 0.507 e. The summed E-state index contributed by atoms with van der Waals surface area (Å²) in [6.07, 6.45) is 2.85. The third-order valence-electron chi connectivity index (χ3n) is 4.64. The fraction of sp³-hybridized carbons (Fsp3) is 0.0800. The summed E-state index contributed by atoms with van der Waals surface area (Å²) >= 11 is 6.12. The molecule has 0 saturated carbocycles. The molecular formula is C25H23ClN4O3. The minimum absolute atomic E-state index is 0.0213. The topological polar surface area (TPSA) is 94.0 Å². The predicted octanol–water partition coefficient (Wildman–Crippen LogP) is 4.03. The molecule has 0 bridgehead atoms. The van der Waals surface area contributed by atoms with Crippen molar-refractivity contribution in [2.24, 2.45) is 5.10 Å². The summed E-state index contributed by atoms with van der Waals surface area (Å²) in [5.41, 5.74) is 4.72. The molecule has 0 saturated heterocycles. The number of halogens is 1. The molecule has 2 amide bonds. The number of anilines is 1. The van der Waals surface area contributed by atoms with Gasteiger partial charge in [-0.2, -0.15) is 5.10 Å². The molecule has 7 nitrogen and oxygen atoms in total. The van der Waals surface area contributed by atoms with E-state index in [0.717, 1.165) is 5.69 Å². The number of nitrogens with one attached hydrogen (secondary N) is 2. The number of para-hydroxylation sites is 1. The van der Waals surface area contributed by atoms with Gasteiger partial charge in [-0.15, -0.1) is 0 Å². The quantitative estimate of drug-likeness (QED) is 0.280. The van der Waals surface area contributed by atoms with E-state index >= 15 is 0 Å². The van der Waals surface area contributed by atoms with Crippen LogP contribution in [0.3, 0.4) is 0 Å². The third kappa shape index (κ3) is 6.44. The average Bonchev–Trinajstić information content (AvgIpc) is 2.80. The van der Waals surface area contributed by atoms with Crippen molar-refractivity contribution in [2.45, 2.75) is 0 Å². The van der Waals surface area contributed by atoms with E-state index in [1.807, 2.05) is 43.3 Å². The van der Waals surface area contributed by atoms with Gasteiger partial charge in [-0.05, 0) is 48.0 Å². The van der Waals surface area contributed by atoms with Gasteiger partial charge >= 0.3 is 0 Å². The molecule has 0 aliphatic heterocycles. The number of phenolic OH excluding ortho intramolecular Hbond substituents is 1. The summed E-state index contributed by atoms with van der Waals surface area (Å²) < 4.78 is 0. The number of carbonyl (C=O) groups excluding carboxylic acids is 2. The Morgan fingerprint density at radius 2 is 1.64 bits per heavy atom. The van der Waals surface area contributed by atoms with Gasteiger partial charge in [0, 0.05) is 25.3 Å². The number of benzene rings is 3. The molecule has 8 heteroatoms. The fourth-order valence-electron chi connectivity index (χ4n) is 2.85. The van der Waals surface area contributed by atoms with Crippen molar-refractivity contribution in [1.82, 2.24) is 10.7 Å². The number of hydrogen-bond donors (Lipinski definition) is 3. The Kier molecular flexibility index (Phi) is 7.83. The molecule has 0 spiro atoms. The van der Waals surface area contributed by atoms with Gasteiger partial charge in [-0.25, -0.2) is 5.43 Å². The van der Waals surface area contributed by atoms with Gasteiger partial charge in [-0.3, -0.25) is 9.59 Å². The zero-order valence-electron chi connectivity index (χ0n) is 18.1. The van der Waals surface area contributed by atoms with E-state index in [2.05, 4.69) is 15.8 Å². The van der Waals surface area contributed by atoms with Crippen LogP contribution in [0.5, 0.6) is 5.75 Å². The fourth-order valence-corrected chi connectivity index (χ4v) is 3.07. The highest BCUT2D eigenvalue weighted by atomic mass is 35.5. The second-order valence-electron chi connectivity index (χ2n) is 7.24. The summed E-state index contributed by atoms with van der Waals surface area (Å²) in [4.78, 5) is 27.5. The lowest BCUT2D eigenvalue weighted by molar-refractivity contribution is -0.117. The average molecular weight is 463 g/mol. The highest BCUT2D eigenvalue weighted by molar-refractivity contribution is 6.34. The molecule has 0 heterocycles. The van der Waals surface area contributed by atoms with E-state index in [4.69, 9.17) is 11.6 Å². The smallest absolute Gasteiger partial charge is 0.287 e. The van der Waals surface area contributed by atoms with Crippen LogP contribution in [0.25, 0.3) is 6.08 Å². The third-order valence-corrected chi connectivity index (χ3v) is 4.97. The van der Waals surface area contributed by atoms with Gasteiger partial charge < -0.3 is 15.3 Å². The number of hydrazone groups is 1. The Balaban J connectivity index is 1.85. The Hall–Kier alpha value is -4.10. The summed E-state index contributed by atoms with van der Waals surface area (Å²) in [7, 11) is 3.85. The number of hydrogen-bond acceptors (Lipinski definition) is 5. The van der Waals surface area contributed by atoms with Crippen LogP contribution < -0.4 is 15.6 Å². The van der Waals surface area contributed by atoms with Crippen LogP contribution in [-0.4, -0.2) is 37.2 Å². The van der Waals surface area contributed by atoms with Gasteiger partial charge in [0.05, 0.1) is 16.8 Å². The predicted molar refractivity (Wildman–Crippen MR) is 132 cm³/mol. The van der Waals surface area contributed by atoms with Crippen LogP contribution >= 0.6 is 11.6 Å². The van der Waals surface area contributed by atoms with Crippen molar-refractivity contribution < 1.29 is 14.7 Å². The number of rotatable bonds is 7. The maximum Gasteiger partial charge on any atom is 0.287 e. The van der Waals surface area contributed by atoms with Gasteiger partial charge in [0.2, 0.25) is 0 Å². The first kappa shape index (κ1) is 23.6. The van der Waals surface area contributed by atoms with E-state index in [9.17, 15) is 14.7 Å². The Morgan fingerprint density at radius 1 is 0.970 bits per heavy atom. The summed E-state index contributed by atoms with van der Waals surface area (Å²) in [5, 5.41) is 16.6. The van der Waals surface area contributed by atoms with Gasteiger partial charge in [0.15, 0.2) is 0 Å². The first-order valence-electron chi connectivity index (χ1n) is 10.0. The first-order valence-corrected chi connectivity index (χ1v) is 10.4. The van der Waals surface area contributed by atoms with Crippen LogP contribution in [0.1, 0.15) is 21.5 Å². The second-order valence-corrected chi connectivity index (χ2v) is 7.64. The van der Waals surface area contributed by atoms with Crippen molar-refractivity contribution in [3.8, 4) is 5.75 Å². The van der Waals surface area contributed by atoms with Gasteiger partial charge in [0.1, 0.15) is 11.4 Å². The Morgan fingerprint density at radius 3 is 2.30 bits per heavy atom. The first-order chi connectivity index (χ1) is 15.8. The SMILES string of the molecule is CN(C)c1ccc(/C=C(/NC(=O)c2ccccc2Cl)C(=O)N/N=C\c2ccccc2O)cc1. The van der Waals surface area contributed by atoms with Crippen molar-refractivity contribution in [3.05, 3.63) is 100 Å². The zero-order chi connectivity index (χ0) is 23.8. The molecule has 0 aromatic heterocycles. The summed E-state index contributed by atoms with van der Waals surface area (Å²) in [6.45, 7) is 0. The van der Waals surface area contributed by atoms with Crippen molar-refractivity contribution in [1.29, 1.82) is 0 Å². The summed E-state index contributed by atoms with van der Waals surface area (Å²) in [5.74, 6) is -1.14. The number of nitrogens with zero attached hydrogens (tertiary/aromatic N) is 2. The lowest BCUT2D eigenvalue weighted by Crippen LogP contribution is -2.33. The molecule has 0 aliphatic rings. The lowest BCUT2D eigenvalue weighted by Gasteiger charge is -2.13. The minimum atomic E-state index is -0.640. The van der Waals surface area contributed by atoms with E-state index in [0.29, 0.717) is 11.1 Å². The number of aromatic hydroxyl groups is 1. The molecule has 3 N–H and O–H groups in total. The molecule has 3 aromatic rings. The van der Waals surface area contributed by atoms with Crippen LogP contribution in [0.4, 0.5) is 5.69 Å². The van der Waals surface area contributed by atoms with Crippen LogP contribution in [-0.2, 0) is 4.79 Å².